The first-order chi connectivity index (χ1) is 18.1. The van der Waals surface area contributed by atoms with Gasteiger partial charge in [0, 0.05) is 43.4 Å². The summed E-state index contributed by atoms with van der Waals surface area (Å²) in [5.41, 5.74) is 2.16. The average Bonchev–Trinajstić information content (AvgIpc) is 2.86. The van der Waals surface area contributed by atoms with Crippen LogP contribution in [0, 0.1) is 16.7 Å². The minimum atomic E-state index is -3.13. The molecule has 0 bridgehead atoms. The number of allylic oxidation sites excluding steroid dienone is 5. The quantitative estimate of drug-likeness (QED) is 0.365. The van der Waals surface area contributed by atoms with E-state index in [0.717, 1.165) is 24.1 Å². The number of unbranched alkanes of at least 4 members (excludes halogenated alkanes) is 1. The number of methoxy groups -OCH3 is 2. The second-order valence-corrected chi connectivity index (χ2v) is 9.61. The van der Waals surface area contributed by atoms with Gasteiger partial charge in [-0.3, -0.25) is 4.79 Å². The predicted octanol–water partition coefficient (Wildman–Crippen LogP) is 6.12. The number of nitriles is 1. The molecule has 9 heteroatoms. The zero-order valence-electron chi connectivity index (χ0n) is 22.8. The van der Waals surface area contributed by atoms with E-state index < -0.39 is 17.9 Å². The highest BCUT2D eigenvalue weighted by atomic mass is 19.3. The molecule has 0 aliphatic carbocycles. The molecule has 38 heavy (non-hydrogen) atoms. The summed E-state index contributed by atoms with van der Waals surface area (Å²) < 4.78 is 42.6. The Labute approximate surface area is 223 Å². The molecule has 0 N–H and O–H groups in total. The summed E-state index contributed by atoms with van der Waals surface area (Å²) in [4.78, 5) is 16.7. The molecular formula is C29H35F2N3O4. The van der Waals surface area contributed by atoms with Gasteiger partial charge in [-0.2, -0.15) is 14.0 Å². The van der Waals surface area contributed by atoms with Crippen molar-refractivity contribution in [3.05, 3.63) is 65.0 Å². The third-order valence-electron chi connectivity index (χ3n) is 6.64. The van der Waals surface area contributed by atoms with E-state index in [4.69, 9.17) is 14.2 Å². The molecule has 1 aromatic rings. The van der Waals surface area contributed by atoms with E-state index >= 15 is 0 Å². The molecule has 0 spiro atoms. The van der Waals surface area contributed by atoms with Gasteiger partial charge in [-0.15, -0.1) is 0 Å². The second kappa shape index (κ2) is 12.3. The number of amides is 1. The van der Waals surface area contributed by atoms with Crippen molar-refractivity contribution in [1.29, 1.82) is 5.26 Å². The van der Waals surface area contributed by atoms with Crippen LogP contribution in [0.2, 0.25) is 0 Å². The summed E-state index contributed by atoms with van der Waals surface area (Å²) in [6.45, 7) is 5.19. The third-order valence-corrected chi connectivity index (χ3v) is 6.64. The Morgan fingerprint density at radius 3 is 2.50 bits per heavy atom. The van der Waals surface area contributed by atoms with E-state index in [9.17, 15) is 18.8 Å². The number of likely N-dealkylation sites (tertiary alicyclic amines) is 1. The monoisotopic (exact) mass is 527 g/mol. The molecule has 1 saturated heterocycles. The number of rotatable bonds is 10. The molecule has 1 amide bonds. The van der Waals surface area contributed by atoms with Crippen molar-refractivity contribution < 1.29 is 27.8 Å². The highest BCUT2D eigenvalue weighted by Crippen LogP contribution is 2.40. The number of ether oxygens (including phenoxy) is 3. The number of benzene rings is 1. The molecule has 2 aliphatic heterocycles. The standard InChI is InChI=1S/C29H35F2N3O4/c1-7-9-10-21-15-20(29(3,4)18-32)11-12-34(21)23(8-2)19-13-24(37-6)26(25(14-19)38-28(30)31)27(35)33-16-22(17-33)36-5/h8,10-15,22,28H,7,9,16-17H2,1-6H3/b21-10+,23-8-. The van der Waals surface area contributed by atoms with Crippen LogP contribution in [0.4, 0.5) is 8.78 Å². The summed E-state index contributed by atoms with van der Waals surface area (Å²) in [7, 11) is 2.95. The molecule has 0 radical (unpaired) electrons. The van der Waals surface area contributed by atoms with Crippen LogP contribution in [-0.2, 0) is 4.74 Å². The zero-order valence-corrected chi connectivity index (χ0v) is 22.8. The normalized spacial score (nSPS) is 17.4. The summed E-state index contributed by atoms with van der Waals surface area (Å²) in [5, 5.41) is 9.63. The molecule has 0 atom stereocenters. The minimum Gasteiger partial charge on any atom is -0.496 e. The van der Waals surface area contributed by atoms with Gasteiger partial charge in [-0.25, -0.2) is 0 Å². The molecule has 2 heterocycles. The second-order valence-electron chi connectivity index (χ2n) is 9.61. The summed E-state index contributed by atoms with van der Waals surface area (Å²) in [5.74, 6) is -0.598. The lowest BCUT2D eigenvalue weighted by Crippen LogP contribution is -2.54. The minimum absolute atomic E-state index is 0.0598. The van der Waals surface area contributed by atoms with Crippen LogP contribution < -0.4 is 9.47 Å². The number of hydrogen-bond donors (Lipinski definition) is 0. The first-order valence-corrected chi connectivity index (χ1v) is 12.6. The first kappa shape index (κ1) is 28.9. The van der Waals surface area contributed by atoms with Gasteiger partial charge in [0.25, 0.3) is 5.91 Å². The predicted molar refractivity (Wildman–Crippen MR) is 141 cm³/mol. The topological polar surface area (TPSA) is 75.0 Å². The number of halogens is 2. The maximum atomic E-state index is 13.5. The number of nitrogens with zero attached hydrogens (tertiary/aromatic N) is 3. The van der Waals surface area contributed by atoms with Gasteiger partial charge in [0.15, 0.2) is 0 Å². The van der Waals surface area contributed by atoms with Gasteiger partial charge in [-0.05, 0) is 57.0 Å². The largest absolute Gasteiger partial charge is 0.496 e. The summed E-state index contributed by atoms with van der Waals surface area (Å²) in [6.07, 6.45) is 11.2. The Bertz CT molecular complexity index is 1200. The molecule has 1 fully saturated rings. The highest BCUT2D eigenvalue weighted by molar-refractivity contribution is 6.01. The third kappa shape index (κ3) is 6.08. The number of hydrogen-bond acceptors (Lipinski definition) is 6. The van der Waals surface area contributed by atoms with Crippen molar-refractivity contribution in [2.24, 2.45) is 5.41 Å². The fourth-order valence-corrected chi connectivity index (χ4v) is 4.29. The fraction of sp³-hybridized carbons (Fsp3) is 0.448. The maximum Gasteiger partial charge on any atom is 0.387 e. The smallest absolute Gasteiger partial charge is 0.387 e. The lowest BCUT2D eigenvalue weighted by Gasteiger charge is -2.38. The van der Waals surface area contributed by atoms with Crippen LogP contribution in [0.1, 0.15) is 56.5 Å². The maximum absolute atomic E-state index is 13.5. The van der Waals surface area contributed by atoms with Crippen molar-refractivity contribution in [2.75, 3.05) is 27.3 Å². The van der Waals surface area contributed by atoms with Crippen molar-refractivity contribution in [2.45, 2.75) is 53.3 Å². The van der Waals surface area contributed by atoms with Gasteiger partial charge >= 0.3 is 6.61 Å². The Hall–Kier alpha value is -3.64. The molecule has 0 saturated carbocycles. The zero-order chi connectivity index (χ0) is 28.0. The van der Waals surface area contributed by atoms with Crippen molar-refractivity contribution in [3.63, 3.8) is 0 Å². The number of alkyl halides is 2. The van der Waals surface area contributed by atoms with Gasteiger partial charge in [0.1, 0.15) is 17.1 Å². The molecule has 3 rings (SSSR count). The first-order valence-electron chi connectivity index (χ1n) is 12.6. The Morgan fingerprint density at radius 2 is 1.95 bits per heavy atom. The Balaban J connectivity index is 2.08. The van der Waals surface area contributed by atoms with Gasteiger partial charge in [0.05, 0.1) is 24.7 Å². The Morgan fingerprint density at radius 1 is 1.26 bits per heavy atom. The number of carbonyl (C=O) groups excluding carboxylic acids is 1. The number of carbonyl (C=O) groups is 1. The van der Waals surface area contributed by atoms with E-state index in [2.05, 4.69) is 19.1 Å². The fourth-order valence-electron chi connectivity index (χ4n) is 4.29. The van der Waals surface area contributed by atoms with Crippen LogP contribution in [-0.4, -0.2) is 55.7 Å². The van der Waals surface area contributed by atoms with E-state index in [0.29, 0.717) is 24.4 Å². The molecule has 0 unspecified atom stereocenters. The average molecular weight is 528 g/mol. The lowest BCUT2D eigenvalue weighted by atomic mass is 9.84. The highest BCUT2D eigenvalue weighted by Gasteiger charge is 2.35. The molecule has 1 aromatic carbocycles. The summed E-state index contributed by atoms with van der Waals surface area (Å²) >= 11 is 0. The van der Waals surface area contributed by atoms with E-state index in [1.807, 2.05) is 50.1 Å². The van der Waals surface area contributed by atoms with E-state index in [-0.39, 0.29) is 23.2 Å². The lowest BCUT2D eigenvalue weighted by molar-refractivity contribution is -0.0510. The van der Waals surface area contributed by atoms with E-state index in [1.165, 1.54) is 18.1 Å². The SMILES string of the molecule is C/C=C(/c1cc(OC)c(C(=O)N2CC(OC)C2)c(OC(F)F)c1)N1C=CC(C(C)(C)C#N)=C/C1=C\CCC. The molecule has 0 aromatic heterocycles. The summed E-state index contributed by atoms with van der Waals surface area (Å²) in [6, 6.07) is 5.42. The molecular weight excluding hydrogens is 492 g/mol. The van der Waals surface area contributed by atoms with Gasteiger partial charge in [0.2, 0.25) is 0 Å². The van der Waals surface area contributed by atoms with Crippen LogP contribution >= 0.6 is 0 Å². The van der Waals surface area contributed by atoms with Gasteiger partial charge < -0.3 is 24.0 Å². The van der Waals surface area contributed by atoms with E-state index in [1.54, 1.807) is 13.2 Å². The Kier molecular flexibility index (Phi) is 9.34. The van der Waals surface area contributed by atoms with Crippen LogP contribution in [0.15, 0.2) is 53.9 Å². The molecule has 2 aliphatic rings. The van der Waals surface area contributed by atoms with Crippen molar-refractivity contribution in [1.82, 2.24) is 9.80 Å². The van der Waals surface area contributed by atoms with Crippen molar-refractivity contribution >= 4 is 11.6 Å². The molecule has 7 nitrogen and oxygen atoms in total. The molecule has 204 valence electrons. The van der Waals surface area contributed by atoms with Crippen LogP contribution in [0.3, 0.4) is 0 Å². The van der Waals surface area contributed by atoms with Crippen molar-refractivity contribution in [3.8, 4) is 17.6 Å². The van der Waals surface area contributed by atoms with Gasteiger partial charge in [-0.1, -0.05) is 25.5 Å². The van der Waals surface area contributed by atoms with Crippen LogP contribution in [0.5, 0.6) is 11.5 Å². The van der Waals surface area contributed by atoms with Crippen LogP contribution in [0.25, 0.3) is 5.70 Å².